The van der Waals surface area contributed by atoms with Gasteiger partial charge < -0.3 is 10.6 Å². The quantitative estimate of drug-likeness (QED) is 0.880. The van der Waals surface area contributed by atoms with E-state index in [1.165, 1.54) is 12.3 Å². The van der Waals surface area contributed by atoms with Crippen molar-refractivity contribution in [2.45, 2.75) is 19.4 Å². The Bertz CT molecular complexity index is 557. The van der Waals surface area contributed by atoms with Crippen LogP contribution >= 0.6 is 0 Å². The van der Waals surface area contributed by atoms with Crippen LogP contribution in [0.2, 0.25) is 0 Å². The first-order chi connectivity index (χ1) is 8.35. The van der Waals surface area contributed by atoms with Crippen molar-refractivity contribution in [3.8, 4) is 0 Å². The summed E-state index contributed by atoms with van der Waals surface area (Å²) in [7, 11) is -2.94. The number of hydrogen-bond acceptors (Lipinski definition) is 4. The number of sulfone groups is 1. The third-order valence-electron chi connectivity index (χ3n) is 3.03. The number of hydrogen-bond donors (Lipinski definition) is 2. The molecule has 1 aliphatic heterocycles. The van der Waals surface area contributed by atoms with Crippen LogP contribution in [0.15, 0.2) is 12.1 Å². The van der Waals surface area contributed by atoms with Crippen LogP contribution in [-0.4, -0.2) is 33.0 Å². The number of halogens is 1. The number of aryl methyl sites for hydroxylation is 1. The number of rotatable bonds is 3. The number of nitrogens with one attached hydrogen (secondary N) is 2. The lowest BCUT2D eigenvalue weighted by atomic mass is 10.1. The van der Waals surface area contributed by atoms with Gasteiger partial charge in [0.2, 0.25) is 0 Å². The van der Waals surface area contributed by atoms with Crippen molar-refractivity contribution >= 4 is 21.2 Å². The maximum Gasteiger partial charge on any atom is 0.147 e. The summed E-state index contributed by atoms with van der Waals surface area (Å²) in [4.78, 5) is 0. The Hall–Kier alpha value is -1.30. The van der Waals surface area contributed by atoms with Crippen molar-refractivity contribution in [1.82, 2.24) is 0 Å². The minimum absolute atomic E-state index is 0.0529. The highest BCUT2D eigenvalue weighted by molar-refractivity contribution is 7.90. The molecule has 0 bridgehead atoms. The maximum absolute atomic E-state index is 13.4. The smallest absolute Gasteiger partial charge is 0.147 e. The van der Waals surface area contributed by atoms with Gasteiger partial charge in [-0.15, -0.1) is 0 Å². The van der Waals surface area contributed by atoms with Crippen LogP contribution in [0.4, 0.5) is 15.8 Å². The largest absolute Gasteiger partial charge is 0.381 e. The molecule has 2 N–H and O–H groups in total. The zero-order valence-electron chi connectivity index (χ0n) is 10.5. The monoisotopic (exact) mass is 272 g/mol. The molecular formula is C12H17FN2O2S. The average molecular weight is 272 g/mol. The molecule has 1 aliphatic rings. The van der Waals surface area contributed by atoms with Gasteiger partial charge in [-0.1, -0.05) is 0 Å². The molecule has 1 aromatic rings. The lowest BCUT2D eigenvalue weighted by Gasteiger charge is -2.28. The van der Waals surface area contributed by atoms with Crippen molar-refractivity contribution in [3.63, 3.8) is 0 Å². The van der Waals surface area contributed by atoms with Crippen LogP contribution in [0.5, 0.6) is 0 Å². The predicted molar refractivity (Wildman–Crippen MR) is 71.4 cm³/mol. The standard InChI is InChI=1S/C12H17FN2O2S/c1-8-5-12-11(6-10(8)13)14-7-9(15-12)3-4-18(2,16)17/h5-6,9,14-15H,3-4,7H2,1-2H3. The van der Waals surface area contributed by atoms with E-state index >= 15 is 0 Å². The van der Waals surface area contributed by atoms with Crippen LogP contribution in [0.3, 0.4) is 0 Å². The van der Waals surface area contributed by atoms with Crippen LogP contribution in [-0.2, 0) is 9.84 Å². The third-order valence-corrected chi connectivity index (χ3v) is 4.01. The summed E-state index contributed by atoms with van der Waals surface area (Å²) < 4.78 is 35.6. The third kappa shape index (κ3) is 3.13. The van der Waals surface area contributed by atoms with Gasteiger partial charge in [0, 0.05) is 18.8 Å². The lowest BCUT2D eigenvalue weighted by Crippen LogP contribution is -2.34. The van der Waals surface area contributed by atoms with Gasteiger partial charge in [0.25, 0.3) is 0 Å². The second-order valence-corrected chi connectivity index (χ2v) is 7.05. The van der Waals surface area contributed by atoms with Gasteiger partial charge in [0.15, 0.2) is 0 Å². The van der Waals surface area contributed by atoms with Crippen LogP contribution in [0.1, 0.15) is 12.0 Å². The van der Waals surface area contributed by atoms with E-state index in [1.807, 2.05) is 0 Å². The number of fused-ring (bicyclic) bond motifs is 1. The highest BCUT2D eigenvalue weighted by Gasteiger charge is 2.19. The summed E-state index contributed by atoms with van der Waals surface area (Å²) in [6.07, 6.45) is 1.78. The van der Waals surface area contributed by atoms with Crippen molar-refractivity contribution in [1.29, 1.82) is 0 Å². The molecular weight excluding hydrogens is 255 g/mol. The molecule has 4 nitrogen and oxygen atoms in total. The van der Waals surface area contributed by atoms with E-state index in [0.717, 1.165) is 11.4 Å². The van der Waals surface area contributed by atoms with E-state index in [9.17, 15) is 12.8 Å². The average Bonchev–Trinajstić information content (AvgIpc) is 2.27. The van der Waals surface area contributed by atoms with E-state index in [-0.39, 0.29) is 17.6 Å². The number of benzene rings is 1. The Labute approximate surface area is 107 Å². The Balaban J connectivity index is 2.08. The molecule has 0 aliphatic carbocycles. The van der Waals surface area contributed by atoms with E-state index in [1.54, 1.807) is 13.0 Å². The molecule has 6 heteroatoms. The van der Waals surface area contributed by atoms with Crippen LogP contribution in [0, 0.1) is 12.7 Å². The first-order valence-electron chi connectivity index (χ1n) is 5.83. The fourth-order valence-corrected chi connectivity index (χ4v) is 2.69. The molecule has 18 heavy (non-hydrogen) atoms. The molecule has 0 radical (unpaired) electrons. The van der Waals surface area contributed by atoms with E-state index in [4.69, 9.17) is 0 Å². The first-order valence-corrected chi connectivity index (χ1v) is 7.89. The Morgan fingerprint density at radius 2 is 2.11 bits per heavy atom. The van der Waals surface area contributed by atoms with Crippen molar-refractivity contribution in [2.24, 2.45) is 0 Å². The molecule has 0 fully saturated rings. The zero-order valence-corrected chi connectivity index (χ0v) is 11.3. The minimum Gasteiger partial charge on any atom is -0.381 e. The molecule has 1 unspecified atom stereocenters. The molecule has 100 valence electrons. The van der Waals surface area contributed by atoms with Gasteiger partial charge >= 0.3 is 0 Å². The Kier molecular flexibility index (Phi) is 3.47. The first kappa shape index (κ1) is 13.1. The predicted octanol–water partition coefficient (Wildman–Crippen LogP) is 1.77. The summed E-state index contributed by atoms with van der Waals surface area (Å²) in [5.41, 5.74) is 2.14. The minimum atomic E-state index is -2.94. The summed E-state index contributed by atoms with van der Waals surface area (Å²) in [5, 5.41) is 6.36. The number of anilines is 2. The lowest BCUT2D eigenvalue weighted by molar-refractivity contribution is 0.593. The zero-order chi connectivity index (χ0) is 13.3. The van der Waals surface area contributed by atoms with E-state index < -0.39 is 9.84 Å². The highest BCUT2D eigenvalue weighted by Crippen LogP contribution is 2.29. The summed E-state index contributed by atoms with van der Waals surface area (Å²) >= 11 is 0. The molecule has 1 heterocycles. The fourth-order valence-electron chi connectivity index (χ4n) is 1.98. The Morgan fingerprint density at radius 3 is 2.78 bits per heavy atom. The topological polar surface area (TPSA) is 58.2 Å². The fraction of sp³-hybridized carbons (Fsp3) is 0.500. The van der Waals surface area contributed by atoms with Gasteiger partial charge in [-0.05, 0) is 31.0 Å². The molecule has 0 spiro atoms. The van der Waals surface area contributed by atoms with Gasteiger partial charge in [0.1, 0.15) is 15.7 Å². The molecule has 0 saturated carbocycles. The maximum atomic E-state index is 13.4. The summed E-state index contributed by atoms with van der Waals surface area (Å²) in [6.45, 7) is 2.31. The molecule has 2 rings (SSSR count). The van der Waals surface area contributed by atoms with E-state index in [2.05, 4.69) is 10.6 Å². The molecule has 1 atom stereocenters. The molecule has 0 amide bonds. The molecule has 1 aromatic carbocycles. The summed E-state index contributed by atoms with van der Waals surface area (Å²) in [5.74, 6) is -0.0837. The van der Waals surface area contributed by atoms with Crippen molar-refractivity contribution in [2.75, 3.05) is 29.2 Å². The summed E-state index contributed by atoms with van der Waals surface area (Å²) in [6, 6.07) is 3.26. The van der Waals surface area contributed by atoms with Crippen LogP contribution < -0.4 is 10.6 Å². The Morgan fingerprint density at radius 1 is 1.39 bits per heavy atom. The van der Waals surface area contributed by atoms with E-state index in [0.29, 0.717) is 18.5 Å². The van der Waals surface area contributed by atoms with Gasteiger partial charge in [0.05, 0.1) is 17.1 Å². The normalized spacial score (nSPS) is 18.7. The SMILES string of the molecule is Cc1cc2c(cc1F)NCC(CCS(C)(=O)=O)N2. The van der Waals surface area contributed by atoms with Crippen LogP contribution in [0.25, 0.3) is 0 Å². The van der Waals surface area contributed by atoms with Crippen molar-refractivity contribution in [3.05, 3.63) is 23.5 Å². The van der Waals surface area contributed by atoms with Gasteiger partial charge in [-0.3, -0.25) is 0 Å². The van der Waals surface area contributed by atoms with Gasteiger partial charge in [-0.2, -0.15) is 0 Å². The molecule has 0 aromatic heterocycles. The molecule has 0 saturated heterocycles. The van der Waals surface area contributed by atoms with Gasteiger partial charge in [-0.25, -0.2) is 12.8 Å². The highest BCUT2D eigenvalue weighted by atomic mass is 32.2. The second kappa shape index (κ2) is 4.76. The second-order valence-electron chi connectivity index (χ2n) is 4.79. The van der Waals surface area contributed by atoms with Crippen molar-refractivity contribution < 1.29 is 12.8 Å².